The number of benzene rings is 1. The number of alkyl halides is 2. The molecule has 0 spiro atoms. The van der Waals surface area contributed by atoms with E-state index in [0.717, 1.165) is 0 Å². The lowest BCUT2D eigenvalue weighted by Gasteiger charge is -2.04. The summed E-state index contributed by atoms with van der Waals surface area (Å²) < 4.78 is 66.7. The molecule has 1 aromatic carbocycles. The first-order valence-electron chi connectivity index (χ1n) is 5.94. The maximum atomic E-state index is 13.4. The lowest BCUT2D eigenvalue weighted by Crippen LogP contribution is -2.18. The molecule has 0 saturated carbocycles. The van der Waals surface area contributed by atoms with Crippen LogP contribution < -0.4 is 5.69 Å². The molecule has 0 bridgehead atoms. The van der Waals surface area contributed by atoms with Crippen LogP contribution in [-0.2, 0) is 0 Å². The van der Waals surface area contributed by atoms with Gasteiger partial charge in [0.05, 0.1) is 5.56 Å². The van der Waals surface area contributed by atoms with E-state index in [9.17, 15) is 26.7 Å². The highest BCUT2D eigenvalue weighted by Crippen LogP contribution is 2.34. The second-order valence-corrected chi connectivity index (χ2v) is 4.84. The van der Waals surface area contributed by atoms with Gasteiger partial charge in [0, 0.05) is 0 Å². The van der Waals surface area contributed by atoms with Crippen LogP contribution in [0.4, 0.5) is 22.0 Å². The zero-order valence-corrected chi connectivity index (χ0v) is 11.7. The number of H-pyrrole nitrogens is 1. The topological polar surface area (TPSA) is 63.0 Å². The van der Waals surface area contributed by atoms with Crippen molar-refractivity contribution < 1.29 is 22.0 Å². The van der Waals surface area contributed by atoms with Gasteiger partial charge in [0.1, 0.15) is 5.69 Å². The second-order valence-electron chi connectivity index (χ2n) is 4.42. The predicted octanol–water partition coefficient (Wildman–Crippen LogP) is 2.73. The number of aromatic nitrogens is 4. The molecule has 3 rings (SSSR count). The van der Waals surface area contributed by atoms with Gasteiger partial charge in [0.25, 0.3) is 6.43 Å². The summed E-state index contributed by atoms with van der Waals surface area (Å²) in [5, 5.41) is 3.18. The summed E-state index contributed by atoms with van der Waals surface area (Å²) >= 11 is 3.80. The third-order valence-electron chi connectivity index (χ3n) is 2.99. The van der Waals surface area contributed by atoms with E-state index in [2.05, 4.69) is 27.7 Å². The molecule has 0 saturated heterocycles. The van der Waals surface area contributed by atoms with Crippen LogP contribution in [0.1, 0.15) is 12.1 Å². The number of hydrogen-bond donors (Lipinski definition) is 2. The number of hydrogen-bond acceptors (Lipinski definition) is 4. The summed E-state index contributed by atoms with van der Waals surface area (Å²) in [7, 11) is 0. The van der Waals surface area contributed by atoms with Crippen LogP contribution in [-0.4, -0.2) is 19.6 Å². The van der Waals surface area contributed by atoms with Gasteiger partial charge in [-0.25, -0.2) is 31.7 Å². The molecule has 0 radical (unpaired) electrons. The van der Waals surface area contributed by atoms with Crippen molar-refractivity contribution in [1.82, 2.24) is 19.6 Å². The van der Waals surface area contributed by atoms with Gasteiger partial charge in [-0.15, -0.1) is 12.6 Å². The van der Waals surface area contributed by atoms with Gasteiger partial charge < -0.3 is 0 Å². The maximum Gasteiger partial charge on any atom is 0.350 e. The van der Waals surface area contributed by atoms with E-state index in [0.29, 0.717) is 16.6 Å². The lowest BCUT2D eigenvalue weighted by atomic mass is 10.1. The van der Waals surface area contributed by atoms with Crippen molar-refractivity contribution in [3.63, 3.8) is 0 Å². The third-order valence-corrected chi connectivity index (χ3v) is 3.20. The highest BCUT2D eigenvalue weighted by Gasteiger charge is 2.26. The fraction of sp³-hybridized carbons (Fsp3) is 0.0833. The molecule has 11 heteroatoms. The van der Waals surface area contributed by atoms with Crippen molar-refractivity contribution >= 4 is 18.3 Å². The molecule has 0 atom stereocenters. The van der Waals surface area contributed by atoms with E-state index in [1.165, 1.54) is 0 Å². The minimum absolute atomic E-state index is 0.215. The molecule has 2 heterocycles. The number of halogens is 5. The van der Waals surface area contributed by atoms with E-state index in [1.807, 2.05) is 0 Å². The Labute approximate surface area is 129 Å². The molecule has 0 unspecified atom stereocenters. The lowest BCUT2D eigenvalue weighted by molar-refractivity contribution is 0.146. The van der Waals surface area contributed by atoms with Crippen LogP contribution in [0.2, 0.25) is 0 Å². The number of aromatic amines is 1. The first kappa shape index (κ1) is 15.5. The number of fused-ring (bicyclic) bond motifs is 1. The molecule has 120 valence electrons. The smallest absolute Gasteiger partial charge is 0.285 e. The zero-order valence-electron chi connectivity index (χ0n) is 10.8. The van der Waals surface area contributed by atoms with Gasteiger partial charge in [0.2, 0.25) is 0 Å². The monoisotopic (exact) mass is 348 g/mol. The molecule has 23 heavy (non-hydrogen) atoms. The minimum atomic E-state index is -3.16. The molecule has 3 aromatic rings. The molecular formula is C12H5F5N4OS. The van der Waals surface area contributed by atoms with Gasteiger partial charge in [-0.2, -0.15) is 9.61 Å². The van der Waals surface area contributed by atoms with Crippen molar-refractivity contribution in [1.29, 1.82) is 0 Å². The highest BCUT2D eigenvalue weighted by atomic mass is 32.1. The Kier molecular flexibility index (Phi) is 3.59. The fourth-order valence-electron chi connectivity index (χ4n) is 2.08. The molecule has 2 aromatic heterocycles. The third kappa shape index (κ3) is 2.46. The summed E-state index contributed by atoms with van der Waals surface area (Å²) in [6.07, 6.45) is -3.16. The van der Waals surface area contributed by atoms with Crippen molar-refractivity contribution in [3.8, 4) is 11.1 Å². The summed E-state index contributed by atoms with van der Waals surface area (Å²) in [4.78, 5) is 17.6. The highest BCUT2D eigenvalue weighted by molar-refractivity contribution is 7.80. The maximum absolute atomic E-state index is 13.4. The molecule has 5 nitrogen and oxygen atoms in total. The zero-order chi connectivity index (χ0) is 16.9. The van der Waals surface area contributed by atoms with E-state index < -0.39 is 46.4 Å². The van der Waals surface area contributed by atoms with Crippen LogP contribution in [0.3, 0.4) is 0 Å². The quantitative estimate of drug-likeness (QED) is 0.425. The summed E-state index contributed by atoms with van der Waals surface area (Å²) in [5.74, 6) is -4.89. The van der Waals surface area contributed by atoms with Crippen molar-refractivity contribution in [2.24, 2.45) is 0 Å². The van der Waals surface area contributed by atoms with Crippen molar-refractivity contribution in [3.05, 3.63) is 45.8 Å². The van der Waals surface area contributed by atoms with Crippen LogP contribution in [0.25, 0.3) is 16.8 Å². The predicted molar refractivity (Wildman–Crippen MR) is 71.1 cm³/mol. The molecule has 0 aliphatic heterocycles. The number of nitrogens with one attached hydrogen (secondary N) is 1. The SMILES string of the molecule is O=c1[nH]c(S)nc2c(-c3cc(F)c(F)c(F)c3)c(C(F)F)nn12. The number of rotatable bonds is 2. The van der Waals surface area contributed by atoms with E-state index in [4.69, 9.17) is 0 Å². The Morgan fingerprint density at radius 2 is 1.78 bits per heavy atom. The minimum Gasteiger partial charge on any atom is -0.285 e. The Balaban J connectivity index is 2.44. The van der Waals surface area contributed by atoms with Gasteiger partial charge in [0.15, 0.2) is 28.3 Å². The van der Waals surface area contributed by atoms with Crippen LogP contribution in [0, 0.1) is 17.5 Å². The number of thiol groups is 1. The van der Waals surface area contributed by atoms with Crippen LogP contribution >= 0.6 is 12.6 Å². The Morgan fingerprint density at radius 1 is 1.17 bits per heavy atom. The van der Waals surface area contributed by atoms with Gasteiger partial charge in [-0.1, -0.05) is 0 Å². The van der Waals surface area contributed by atoms with Gasteiger partial charge in [-0.3, -0.25) is 4.98 Å². The molecule has 1 N–H and O–H groups in total. The molecule has 0 aliphatic rings. The van der Waals surface area contributed by atoms with Crippen molar-refractivity contribution in [2.45, 2.75) is 11.6 Å². The Hall–Kier alpha value is -2.43. The van der Waals surface area contributed by atoms with Crippen molar-refractivity contribution in [2.75, 3.05) is 0 Å². The van der Waals surface area contributed by atoms with Crippen LogP contribution in [0.15, 0.2) is 22.1 Å². The number of nitrogens with zero attached hydrogens (tertiary/aromatic N) is 3. The van der Waals surface area contributed by atoms with E-state index in [1.54, 1.807) is 0 Å². The summed E-state index contributed by atoms with van der Waals surface area (Å²) in [5.41, 5.74) is -3.15. The molecule has 0 fully saturated rings. The van der Waals surface area contributed by atoms with Crippen LogP contribution in [0.5, 0.6) is 0 Å². The Morgan fingerprint density at radius 3 is 2.35 bits per heavy atom. The Bertz CT molecular complexity index is 960. The first-order chi connectivity index (χ1) is 10.8. The average molecular weight is 348 g/mol. The van der Waals surface area contributed by atoms with Gasteiger partial charge in [-0.05, 0) is 17.7 Å². The average Bonchev–Trinajstić information content (AvgIpc) is 2.84. The van der Waals surface area contributed by atoms with Gasteiger partial charge >= 0.3 is 5.69 Å². The van der Waals surface area contributed by atoms with E-state index >= 15 is 0 Å². The summed E-state index contributed by atoms with van der Waals surface area (Å²) in [6.45, 7) is 0. The fourth-order valence-corrected chi connectivity index (χ4v) is 2.27. The standard InChI is InChI=1S/C12H5F5N4OS/c13-4-1-3(2-5(14)7(4)15)6-8(9(16)17)20-21-10(6)18-11(23)19-12(21)22/h1-2,9H,(H2,18,19,22,23). The second kappa shape index (κ2) is 5.33. The summed E-state index contributed by atoms with van der Waals surface area (Å²) in [6, 6.07) is 1.03. The first-order valence-corrected chi connectivity index (χ1v) is 6.39. The van der Waals surface area contributed by atoms with E-state index in [-0.39, 0.29) is 10.8 Å². The molecule has 0 aliphatic carbocycles. The normalized spacial score (nSPS) is 11.6. The molecular weight excluding hydrogens is 343 g/mol. The molecule has 0 amide bonds. The largest absolute Gasteiger partial charge is 0.350 e.